The van der Waals surface area contributed by atoms with E-state index in [1.165, 1.54) is 55.3 Å². The van der Waals surface area contributed by atoms with Crippen molar-refractivity contribution in [3.8, 4) is 11.1 Å². The minimum atomic E-state index is -0.671. The van der Waals surface area contributed by atoms with Crippen molar-refractivity contribution in [2.75, 3.05) is 0 Å². The number of fused-ring (bicyclic) bond motifs is 10. The summed E-state index contributed by atoms with van der Waals surface area (Å²) in [6, 6.07) is 48.7. The minimum Gasteiger partial charge on any atom is -0.348 e. The van der Waals surface area contributed by atoms with E-state index in [4.69, 9.17) is 4.74 Å². The van der Waals surface area contributed by atoms with Crippen LogP contribution in [0, 0.1) is 0 Å². The molecule has 1 aliphatic carbocycles. The lowest BCUT2D eigenvalue weighted by Gasteiger charge is -2.39. The van der Waals surface area contributed by atoms with Crippen LogP contribution >= 0.6 is 31.9 Å². The van der Waals surface area contributed by atoms with E-state index >= 15 is 0 Å². The molecule has 3 heteroatoms. The molecule has 41 heavy (non-hydrogen) atoms. The molecule has 6 aromatic rings. The number of hydrogen-bond acceptors (Lipinski definition) is 1. The van der Waals surface area contributed by atoms with Crippen LogP contribution in [-0.2, 0) is 15.9 Å². The summed E-state index contributed by atoms with van der Waals surface area (Å²) in [4.78, 5) is 0. The zero-order valence-electron chi connectivity index (χ0n) is 22.0. The van der Waals surface area contributed by atoms with E-state index in [1.807, 2.05) is 0 Å². The van der Waals surface area contributed by atoms with Gasteiger partial charge < -0.3 is 4.74 Å². The molecular formula is C38H24Br2O. The van der Waals surface area contributed by atoms with Crippen molar-refractivity contribution in [1.82, 2.24) is 0 Å². The van der Waals surface area contributed by atoms with Crippen molar-refractivity contribution in [1.29, 1.82) is 0 Å². The second-order valence-corrected chi connectivity index (χ2v) is 13.1. The first kappa shape index (κ1) is 24.1. The summed E-state index contributed by atoms with van der Waals surface area (Å²) in [7, 11) is 0. The fourth-order valence-electron chi connectivity index (χ4n) is 8.33. The zero-order chi connectivity index (χ0) is 27.3. The summed E-state index contributed by atoms with van der Waals surface area (Å²) in [6.45, 7) is 0. The Kier molecular flexibility index (Phi) is 5.01. The Morgan fingerprint density at radius 2 is 0.976 bits per heavy atom. The van der Waals surface area contributed by atoms with Gasteiger partial charge in [0, 0.05) is 26.2 Å². The van der Waals surface area contributed by atoms with Gasteiger partial charge in [-0.05, 0) is 62.0 Å². The van der Waals surface area contributed by atoms with Crippen molar-refractivity contribution in [2.24, 2.45) is 0 Å². The van der Waals surface area contributed by atoms with Crippen LogP contribution in [0.25, 0.3) is 21.9 Å². The van der Waals surface area contributed by atoms with E-state index in [0.29, 0.717) is 0 Å². The van der Waals surface area contributed by atoms with E-state index in [9.17, 15) is 0 Å². The Bertz CT molecular complexity index is 2010. The minimum absolute atomic E-state index is 0.0994. The maximum absolute atomic E-state index is 7.84. The van der Waals surface area contributed by atoms with E-state index < -0.39 is 11.2 Å². The first-order valence-corrected chi connectivity index (χ1v) is 15.7. The second-order valence-electron chi connectivity index (χ2n) is 11.4. The molecule has 2 aliphatic heterocycles. The predicted molar refractivity (Wildman–Crippen MR) is 172 cm³/mol. The van der Waals surface area contributed by atoms with E-state index in [1.54, 1.807) is 0 Å². The number of ether oxygens (including phenoxy) is 1. The molecule has 0 saturated carbocycles. The van der Waals surface area contributed by atoms with Crippen molar-refractivity contribution in [3.05, 3.63) is 176 Å². The van der Waals surface area contributed by atoms with Gasteiger partial charge in [-0.3, -0.25) is 0 Å². The van der Waals surface area contributed by atoms with Crippen LogP contribution in [0.3, 0.4) is 0 Å². The fourth-order valence-corrected chi connectivity index (χ4v) is 9.69. The maximum atomic E-state index is 7.84. The lowest BCUT2D eigenvalue weighted by Crippen LogP contribution is -2.35. The van der Waals surface area contributed by atoms with Gasteiger partial charge in [0.15, 0.2) is 0 Å². The van der Waals surface area contributed by atoms with Gasteiger partial charge >= 0.3 is 0 Å². The lowest BCUT2D eigenvalue weighted by atomic mass is 9.59. The Balaban J connectivity index is 1.46. The normalized spacial score (nSPS) is 24.9. The molecule has 4 unspecified atom stereocenters. The maximum Gasteiger partial charge on any atom is 0.128 e. The molecule has 9 rings (SSSR count). The Morgan fingerprint density at radius 3 is 1.63 bits per heavy atom. The van der Waals surface area contributed by atoms with Gasteiger partial charge in [-0.1, -0.05) is 153 Å². The van der Waals surface area contributed by atoms with Gasteiger partial charge in [-0.2, -0.15) is 0 Å². The van der Waals surface area contributed by atoms with Crippen LogP contribution in [0.2, 0.25) is 0 Å². The third kappa shape index (κ3) is 2.90. The monoisotopic (exact) mass is 654 g/mol. The van der Waals surface area contributed by atoms with Gasteiger partial charge in [0.25, 0.3) is 0 Å². The highest BCUT2D eigenvalue weighted by molar-refractivity contribution is 9.11. The molecule has 6 aromatic carbocycles. The molecule has 2 bridgehead atoms. The number of halogens is 2. The van der Waals surface area contributed by atoms with Crippen LogP contribution in [0.1, 0.15) is 45.2 Å². The Morgan fingerprint density at radius 1 is 0.463 bits per heavy atom. The van der Waals surface area contributed by atoms with Gasteiger partial charge in [0.2, 0.25) is 0 Å². The third-order valence-electron chi connectivity index (χ3n) is 9.67. The number of rotatable bonds is 3. The summed E-state index contributed by atoms with van der Waals surface area (Å²) >= 11 is 7.79. The summed E-state index contributed by atoms with van der Waals surface area (Å²) in [5.74, 6) is 0.214. The first-order chi connectivity index (χ1) is 20.2. The highest BCUT2D eigenvalue weighted by Gasteiger charge is 2.73. The molecule has 196 valence electrons. The van der Waals surface area contributed by atoms with Crippen molar-refractivity contribution >= 4 is 42.6 Å². The molecule has 0 spiro atoms. The van der Waals surface area contributed by atoms with E-state index in [2.05, 4.69) is 165 Å². The molecule has 0 aromatic heterocycles. The molecule has 0 radical (unpaired) electrons. The molecule has 2 heterocycles. The van der Waals surface area contributed by atoms with E-state index in [0.717, 1.165) is 8.95 Å². The SMILES string of the molecule is Brc1ccc2c3c(ccc(Br)c13)C1C2C2(c3ccccc3)OC1(c1ccccc1-c1ccccc1)c1ccccc12. The molecule has 1 saturated heterocycles. The van der Waals surface area contributed by atoms with Crippen molar-refractivity contribution < 1.29 is 4.74 Å². The molecule has 3 aliphatic rings. The summed E-state index contributed by atoms with van der Waals surface area (Å²) in [5, 5.41) is 2.59. The fraction of sp³-hybridized carbons (Fsp3) is 0.105. The summed E-state index contributed by atoms with van der Waals surface area (Å²) in [5.41, 5.74) is 8.84. The van der Waals surface area contributed by atoms with Crippen LogP contribution in [-0.4, -0.2) is 0 Å². The molecule has 0 N–H and O–H groups in total. The molecular weight excluding hydrogens is 632 g/mol. The molecule has 0 amide bonds. The van der Waals surface area contributed by atoms with Gasteiger partial charge in [-0.15, -0.1) is 0 Å². The Hall–Kier alpha value is -3.50. The van der Waals surface area contributed by atoms with Crippen LogP contribution in [0.15, 0.2) is 142 Å². The predicted octanol–water partition coefficient (Wildman–Crippen LogP) is 10.4. The van der Waals surface area contributed by atoms with E-state index in [-0.39, 0.29) is 11.8 Å². The van der Waals surface area contributed by atoms with Crippen LogP contribution < -0.4 is 0 Å². The van der Waals surface area contributed by atoms with Gasteiger partial charge in [-0.25, -0.2) is 0 Å². The lowest BCUT2D eigenvalue weighted by molar-refractivity contribution is -0.0477. The highest BCUT2D eigenvalue weighted by atomic mass is 79.9. The zero-order valence-corrected chi connectivity index (χ0v) is 25.2. The van der Waals surface area contributed by atoms with Crippen molar-refractivity contribution in [3.63, 3.8) is 0 Å². The van der Waals surface area contributed by atoms with Crippen LogP contribution in [0.4, 0.5) is 0 Å². The molecule has 4 atom stereocenters. The molecule has 1 fully saturated rings. The smallest absolute Gasteiger partial charge is 0.128 e. The quantitative estimate of drug-likeness (QED) is 0.184. The summed E-state index contributed by atoms with van der Waals surface area (Å²) < 4.78 is 10.1. The Labute approximate surface area is 256 Å². The topological polar surface area (TPSA) is 9.23 Å². The average molecular weight is 656 g/mol. The highest BCUT2D eigenvalue weighted by Crippen LogP contribution is 2.77. The molecule has 1 nitrogen and oxygen atoms in total. The average Bonchev–Trinajstić information content (AvgIpc) is 3.65. The van der Waals surface area contributed by atoms with Crippen molar-refractivity contribution in [2.45, 2.75) is 23.0 Å². The summed E-state index contributed by atoms with van der Waals surface area (Å²) in [6.07, 6.45) is 0. The third-order valence-corrected chi connectivity index (χ3v) is 11.0. The number of benzene rings is 6. The largest absolute Gasteiger partial charge is 0.348 e. The van der Waals surface area contributed by atoms with Gasteiger partial charge in [0.1, 0.15) is 11.2 Å². The van der Waals surface area contributed by atoms with Crippen LogP contribution in [0.5, 0.6) is 0 Å². The second kappa shape index (κ2) is 8.51. The standard InChI is InChI=1S/C38H24Br2O/c39-31-21-19-26-33-27(20-22-32(40)34(31)33)36-35(26)37(24-13-5-2-6-14-24)29-17-9-10-18-30(29)38(36,41-37)28-16-8-7-15-25(28)23-11-3-1-4-12-23/h1-22,35-36H. The first-order valence-electron chi connectivity index (χ1n) is 14.1. The van der Waals surface area contributed by atoms with Gasteiger partial charge in [0.05, 0.1) is 0 Å². The number of hydrogen-bond donors (Lipinski definition) is 0.